The van der Waals surface area contributed by atoms with Gasteiger partial charge in [0.15, 0.2) is 0 Å². The Hall–Kier alpha value is -1.55. The fraction of sp³-hybridized carbons (Fsp3) is 0.273. The number of halogens is 4. The summed E-state index contributed by atoms with van der Waals surface area (Å²) in [5, 5.41) is 10.6. The summed E-state index contributed by atoms with van der Waals surface area (Å²) in [6, 6.07) is 3.40. The summed E-state index contributed by atoms with van der Waals surface area (Å²) in [6.07, 6.45) is -4.90. The van der Waals surface area contributed by atoms with E-state index in [4.69, 9.17) is 5.26 Å². The SMILES string of the molecule is Cc1c(Br)cc(C(F)(F)F)cc1NC(=O)CC#N. The Kier molecular flexibility index (Phi) is 4.35. The Balaban J connectivity index is 3.16. The maximum absolute atomic E-state index is 12.6. The lowest BCUT2D eigenvalue weighted by Crippen LogP contribution is -2.13. The molecule has 18 heavy (non-hydrogen) atoms. The molecular formula is C11H8BrF3N2O. The Morgan fingerprint density at radius 3 is 2.61 bits per heavy atom. The summed E-state index contributed by atoms with van der Waals surface area (Å²) in [7, 11) is 0. The lowest BCUT2D eigenvalue weighted by Gasteiger charge is -2.13. The molecule has 0 heterocycles. The lowest BCUT2D eigenvalue weighted by atomic mass is 10.1. The number of anilines is 1. The van der Waals surface area contributed by atoms with Crippen LogP contribution in [0.3, 0.4) is 0 Å². The molecule has 7 heteroatoms. The Labute approximate surface area is 110 Å². The minimum absolute atomic E-state index is 0.0388. The molecule has 0 aromatic heterocycles. The zero-order valence-electron chi connectivity index (χ0n) is 9.23. The van der Waals surface area contributed by atoms with Crippen molar-refractivity contribution in [3.8, 4) is 6.07 Å². The molecule has 0 saturated carbocycles. The van der Waals surface area contributed by atoms with Gasteiger partial charge in [0.1, 0.15) is 6.42 Å². The molecule has 0 radical (unpaired) electrons. The van der Waals surface area contributed by atoms with E-state index >= 15 is 0 Å². The number of nitriles is 1. The highest BCUT2D eigenvalue weighted by molar-refractivity contribution is 9.10. The summed E-state index contributed by atoms with van der Waals surface area (Å²) in [4.78, 5) is 11.2. The molecule has 0 unspecified atom stereocenters. The van der Waals surface area contributed by atoms with Crippen LogP contribution in [-0.4, -0.2) is 5.91 Å². The van der Waals surface area contributed by atoms with Crippen molar-refractivity contribution in [1.82, 2.24) is 0 Å². The van der Waals surface area contributed by atoms with Crippen molar-refractivity contribution < 1.29 is 18.0 Å². The summed E-state index contributed by atoms with van der Waals surface area (Å²) in [5.74, 6) is -0.646. The number of hydrogen-bond acceptors (Lipinski definition) is 2. The van der Waals surface area contributed by atoms with Crippen LogP contribution in [0.2, 0.25) is 0 Å². The van der Waals surface area contributed by atoms with E-state index in [1.807, 2.05) is 0 Å². The van der Waals surface area contributed by atoms with Crippen LogP contribution in [0.4, 0.5) is 18.9 Å². The van der Waals surface area contributed by atoms with Crippen molar-refractivity contribution in [3.63, 3.8) is 0 Å². The third-order valence-electron chi connectivity index (χ3n) is 2.19. The van der Waals surface area contributed by atoms with Gasteiger partial charge >= 0.3 is 6.18 Å². The second-order valence-electron chi connectivity index (χ2n) is 3.51. The summed E-state index contributed by atoms with van der Waals surface area (Å²) in [5.41, 5.74) is -0.363. The van der Waals surface area contributed by atoms with Gasteiger partial charge in [-0.3, -0.25) is 4.79 Å². The average Bonchev–Trinajstić information content (AvgIpc) is 2.23. The minimum Gasteiger partial charge on any atom is -0.325 e. The number of benzene rings is 1. The van der Waals surface area contributed by atoms with Gasteiger partial charge in [-0.2, -0.15) is 18.4 Å². The quantitative estimate of drug-likeness (QED) is 0.904. The molecule has 1 aromatic rings. The molecule has 0 fully saturated rings. The van der Waals surface area contributed by atoms with Gasteiger partial charge in [0.05, 0.1) is 11.6 Å². The second-order valence-corrected chi connectivity index (χ2v) is 4.37. The summed E-state index contributed by atoms with van der Waals surface area (Å²) >= 11 is 3.00. The highest BCUT2D eigenvalue weighted by Gasteiger charge is 2.31. The minimum atomic E-state index is -4.50. The first-order chi connectivity index (χ1) is 8.25. The standard InChI is InChI=1S/C11H8BrF3N2O/c1-6-8(12)4-7(11(13,14)15)5-9(6)17-10(18)2-3-16/h4-5H,2H2,1H3,(H,17,18). The monoisotopic (exact) mass is 320 g/mol. The van der Waals surface area contributed by atoms with Gasteiger partial charge in [0.2, 0.25) is 5.91 Å². The maximum Gasteiger partial charge on any atom is 0.416 e. The number of carbonyl (C=O) groups excluding carboxylic acids is 1. The number of nitrogens with one attached hydrogen (secondary N) is 1. The molecule has 0 aliphatic carbocycles. The molecule has 1 rings (SSSR count). The fourth-order valence-electron chi connectivity index (χ4n) is 1.24. The predicted octanol–water partition coefficient (Wildman–Crippen LogP) is 3.63. The Morgan fingerprint density at radius 1 is 1.50 bits per heavy atom. The number of nitrogens with zero attached hydrogens (tertiary/aromatic N) is 1. The van der Waals surface area contributed by atoms with Crippen molar-refractivity contribution in [2.75, 3.05) is 5.32 Å². The van der Waals surface area contributed by atoms with E-state index in [-0.39, 0.29) is 10.2 Å². The van der Waals surface area contributed by atoms with Crippen LogP contribution in [-0.2, 0) is 11.0 Å². The van der Waals surface area contributed by atoms with Gasteiger partial charge in [0, 0.05) is 10.2 Å². The smallest absolute Gasteiger partial charge is 0.325 e. The van der Waals surface area contributed by atoms with E-state index in [0.29, 0.717) is 5.56 Å². The van der Waals surface area contributed by atoms with Crippen molar-refractivity contribution >= 4 is 27.5 Å². The Bertz CT molecular complexity index is 520. The molecule has 1 N–H and O–H groups in total. The van der Waals surface area contributed by atoms with Crippen LogP contribution < -0.4 is 5.32 Å². The third-order valence-corrected chi connectivity index (χ3v) is 3.01. The molecule has 0 aliphatic heterocycles. The topological polar surface area (TPSA) is 52.9 Å². The number of alkyl halides is 3. The van der Waals surface area contributed by atoms with E-state index in [0.717, 1.165) is 12.1 Å². The zero-order chi connectivity index (χ0) is 13.9. The molecule has 0 spiro atoms. The summed E-state index contributed by atoms with van der Waals surface area (Å²) < 4.78 is 38.0. The third kappa shape index (κ3) is 3.47. The van der Waals surface area contributed by atoms with E-state index in [1.165, 1.54) is 0 Å². The lowest BCUT2D eigenvalue weighted by molar-refractivity contribution is -0.137. The van der Waals surface area contributed by atoms with Crippen molar-refractivity contribution in [1.29, 1.82) is 5.26 Å². The highest BCUT2D eigenvalue weighted by Crippen LogP contribution is 2.35. The average molecular weight is 321 g/mol. The first kappa shape index (κ1) is 14.5. The molecular weight excluding hydrogens is 313 g/mol. The van der Waals surface area contributed by atoms with Gasteiger partial charge in [-0.25, -0.2) is 0 Å². The summed E-state index contributed by atoms with van der Waals surface area (Å²) in [6.45, 7) is 1.56. The van der Waals surface area contributed by atoms with Gasteiger partial charge in [-0.1, -0.05) is 15.9 Å². The van der Waals surface area contributed by atoms with Crippen LogP contribution in [0.15, 0.2) is 16.6 Å². The highest BCUT2D eigenvalue weighted by atomic mass is 79.9. The molecule has 0 bridgehead atoms. The van der Waals surface area contributed by atoms with E-state index < -0.39 is 24.1 Å². The van der Waals surface area contributed by atoms with E-state index in [2.05, 4.69) is 21.2 Å². The molecule has 0 aliphatic rings. The van der Waals surface area contributed by atoms with Crippen molar-refractivity contribution in [3.05, 3.63) is 27.7 Å². The fourth-order valence-corrected chi connectivity index (χ4v) is 1.70. The van der Waals surface area contributed by atoms with Crippen LogP contribution in [0, 0.1) is 18.3 Å². The number of hydrogen-bond donors (Lipinski definition) is 1. The van der Waals surface area contributed by atoms with E-state index in [9.17, 15) is 18.0 Å². The maximum atomic E-state index is 12.6. The predicted molar refractivity (Wildman–Crippen MR) is 62.7 cm³/mol. The van der Waals surface area contributed by atoms with Crippen LogP contribution in [0.1, 0.15) is 17.5 Å². The molecule has 3 nitrogen and oxygen atoms in total. The molecule has 1 amide bonds. The number of rotatable bonds is 2. The zero-order valence-corrected chi connectivity index (χ0v) is 10.8. The van der Waals surface area contributed by atoms with Crippen molar-refractivity contribution in [2.24, 2.45) is 0 Å². The number of carbonyl (C=O) groups is 1. The van der Waals surface area contributed by atoms with Crippen molar-refractivity contribution in [2.45, 2.75) is 19.5 Å². The molecule has 0 atom stereocenters. The van der Waals surface area contributed by atoms with Gasteiger partial charge in [0.25, 0.3) is 0 Å². The molecule has 1 aromatic carbocycles. The van der Waals surface area contributed by atoms with Crippen LogP contribution in [0.5, 0.6) is 0 Å². The second kappa shape index (κ2) is 5.40. The Morgan fingerprint density at radius 2 is 2.11 bits per heavy atom. The van der Waals surface area contributed by atoms with E-state index in [1.54, 1.807) is 13.0 Å². The largest absolute Gasteiger partial charge is 0.416 e. The number of amides is 1. The first-order valence-corrected chi connectivity index (χ1v) is 5.59. The normalized spacial score (nSPS) is 10.9. The first-order valence-electron chi connectivity index (χ1n) is 4.80. The van der Waals surface area contributed by atoms with Gasteiger partial charge in [-0.15, -0.1) is 0 Å². The molecule has 96 valence electrons. The molecule has 0 saturated heterocycles. The van der Waals surface area contributed by atoms with Crippen LogP contribution in [0.25, 0.3) is 0 Å². The van der Waals surface area contributed by atoms with Gasteiger partial charge in [-0.05, 0) is 24.6 Å². The van der Waals surface area contributed by atoms with Gasteiger partial charge < -0.3 is 5.32 Å². The van der Waals surface area contributed by atoms with Crippen LogP contribution >= 0.6 is 15.9 Å².